The van der Waals surface area contributed by atoms with Crippen LogP contribution in [0.1, 0.15) is 99.3 Å². The van der Waals surface area contributed by atoms with E-state index < -0.39 is 5.60 Å². The fraction of sp³-hybridized carbons (Fsp3) is 0.963. The van der Waals surface area contributed by atoms with Crippen LogP contribution in [0.25, 0.3) is 0 Å². The molecule has 0 spiro atoms. The lowest BCUT2D eigenvalue weighted by atomic mass is 9.35. The summed E-state index contributed by atoms with van der Waals surface area (Å²) in [4.78, 5) is 11.5. The van der Waals surface area contributed by atoms with Crippen LogP contribution < -0.4 is 0 Å². The summed E-state index contributed by atoms with van der Waals surface area (Å²) in [5, 5.41) is 22.3. The lowest BCUT2D eigenvalue weighted by Crippen LogP contribution is -2.64. The van der Waals surface area contributed by atoms with Crippen molar-refractivity contribution >= 4 is 5.97 Å². The first-order valence-corrected chi connectivity index (χ1v) is 12.9. The highest BCUT2D eigenvalue weighted by molar-refractivity contribution is 5.87. The van der Waals surface area contributed by atoms with E-state index in [1.165, 1.54) is 32.1 Å². The molecule has 10 atom stereocenters. The molecule has 0 bridgehead atoms. The lowest BCUT2D eigenvalue weighted by molar-refractivity contribution is -0.225. The van der Waals surface area contributed by atoms with Crippen LogP contribution in [0.2, 0.25) is 0 Å². The third kappa shape index (κ3) is 2.82. The van der Waals surface area contributed by atoms with Gasteiger partial charge < -0.3 is 14.9 Å². The van der Waals surface area contributed by atoms with Crippen molar-refractivity contribution in [2.24, 2.45) is 45.3 Å². The fourth-order valence-electron chi connectivity index (χ4n) is 10.2. The van der Waals surface area contributed by atoms with Crippen LogP contribution in [0.5, 0.6) is 0 Å². The first-order valence-electron chi connectivity index (χ1n) is 12.9. The molecule has 0 radical (unpaired) electrons. The van der Waals surface area contributed by atoms with Crippen LogP contribution in [-0.2, 0) is 9.53 Å². The molecule has 176 valence electrons. The Balaban J connectivity index is 1.45. The molecule has 5 aliphatic rings. The summed E-state index contributed by atoms with van der Waals surface area (Å²) >= 11 is 0. The minimum absolute atomic E-state index is 0.00916. The molecule has 2 unspecified atom stereocenters. The molecule has 0 aromatic heterocycles. The monoisotopic (exact) mass is 432 g/mol. The summed E-state index contributed by atoms with van der Waals surface area (Å²) in [6.45, 7) is 14.2. The maximum atomic E-state index is 11.5. The van der Waals surface area contributed by atoms with E-state index in [0.717, 1.165) is 19.3 Å². The molecule has 1 heterocycles. The number of fused-ring (bicyclic) bond motifs is 5. The third-order valence-electron chi connectivity index (χ3n) is 12.2. The van der Waals surface area contributed by atoms with Gasteiger partial charge in [0.05, 0.1) is 11.7 Å². The number of carbonyl (C=O) groups is 1. The highest BCUT2D eigenvalue weighted by atomic mass is 16.6. The zero-order valence-electron chi connectivity index (χ0n) is 20.5. The Morgan fingerprint density at radius 1 is 0.935 bits per heavy atom. The lowest BCUT2D eigenvalue weighted by Gasteiger charge is -2.70. The van der Waals surface area contributed by atoms with Gasteiger partial charge in [-0.25, -0.2) is 4.79 Å². The van der Waals surface area contributed by atoms with E-state index in [0.29, 0.717) is 29.6 Å². The molecule has 1 aliphatic heterocycles. The molecule has 4 nitrogen and oxygen atoms in total. The Morgan fingerprint density at radius 3 is 2.23 bits per heavy atom. The molecular formula is C27H44O4. The summed E-state index contributed by atoms with van der Waals surface area (Å²) < 4.78 is 5.06. The summed E-state index contributed by atoms with van der Waals surface area (Å²) in [7, 11) is 0. The summed E-state index contributed by atoms with van der Waals surface area (Å²) in [6, 6.07) is 0. The zero-order valence-corrected chi connectivity index (χ0v) is 20.5. The summed E-state index contributed by atoms with van der Waals surface area (Å²) in [5.41, 5.74) is -0.0483. The molecule has 1 saturated heterocycles. The number of aliphatic hydroxyl groups is 2. The van der Waals surface area contributed by atoms with Crippen molar-refractivity contribution in [1.82, 2.24) is 0 Å². The SMILES string of the molecule is CC1(C)[C@H](O)CC[C@]2(C)[C@H]3CC[C@@H]4C([C@@](C)(O)CC5OC5=O)CC[C@@]4(C)[C@]3(C)CC[C@@H]12. The molecular weight excluding hydrogens is 388 g/mol. The largest absolute Gasteiger partial charge is 0.447 e. The van der Waals surface area contributed by atoms with Gasteiger partial charge in [-0.15, -0.1) is 0 Å². The van der Waals surface area contributed by atoms with Crippen molar-refractivity contribution in [2.75, 3.05) is 0 Å². The molecule has 5 fully saturated rings. The summed E-state index contributed by atoms with van der Waals surface area (Å²) in [5.74, 6) is 1.89. The number of cyclic esters (lactones) is 1. The number of aliphatic hydroxyl groups excluding tert-OH is 1. The second-order valence-electron chi connectivity index (χ2n) is 13.7. The Morgan fingerprint density at radius 2 is 1.58 bits per heavy atom. The van der Waals surface area contributed by atoms with E-state index in [-0.39, 0.29) is 40.3 Å². The van der Waals surface area contributed by atoms with Crippen molar-refractivity contribution in [3.8, 4) is 0 Å². The van der Waals surface area contributed by atoms with Crippen LogP contribution in [-0.4, -0.2) is 34.0 Å². The summed E-state index contributed by atoms with van der Waals surface area (Å²) in [6.07, 6.45) is 9.07. The predicted octanol–water partition coefficient (Wildman–Crippen LogP) is 5.10. The molecule has 0 aromatic rings. The third-order valence-corrected chi connectivity index (χ3v) is 12.2. The van der Waals surface area contributed by atoms with Gasteiger partial charge in [0.25, 0.3) is 0 Å². The molecule has 0 aromatic carbocycles. The number of hydrogen-bond donors (Lipinski definition) is 2. The van der Waals surface area contributed by atoms with Crippen LogP contribution >= 0.6 is 0 Å². The Kier molecular flexibility index (Phi) is 4.65. The minimum Gasteiger partial charge on any atom is -0.447 e. The van der Waals surface area contributed by atoms with Crippen LogP contribution in [0.3, 0.4) is 0 Å². The standard InChI is InChI=1S/C27H44O4/c1-23(2)19-10-14-26(5)20(24(19,3)12-11-21(23)28)8-7-16-17(9-13-25(16,26)4)27(6,30)15-18-22(29)31-18/h16-21,28,30H,7-15H2,1-6H3/t16-,17?,18?,19+,20-,21-,24+,25-,26-,27+/m1/s1. The second kappa shape index (κ2) is 6.50. The van der Waals surface area contributed by atoms with Crippen molar-refractivity contribution in [3.05, 3.63) is 0 Å². The van der Waals surface area contributed by atoms with Gasteiger partial charge in [-0.3, -0.25) is 0 Å². The van der Waals surface area contributed by atoms with Crippen molar-refractivity contribution in [1.29, 1.82) is 0 Å². The van der Waals surface area contributed by atoms with Crippen molar-refractivity contribution in [2.45, 2.75) is 117 Å². The van der Waals surface area contributed by atoms with Gasteiger partial charge in [0.1, 0.15) is 0 Å². The first-order chi connectivity index (χ1) is 14.3. The van der Waals surface area contributed by atoms with Gasteiger partial charge in [0.15, 0.2) is 0 Å². The number of epoxide rings is 1. The van der Waals surface area contributed by atoms with Crippen molar-refractivity contribution < 1.29 is 19.7 Å². The van der Waals surface area contributed by atoms with E-state index in [1.54, 1.807) is 0 Å². The average Bonchev–Trinajstić information content (AvgIpc) is 3.20. The maximum Gasteiger partial charge on any atom is 0.348 e. The molecule has 4 heteroatoms. The van der Waals surface area contributed by atoms with E-state index in [1.807, 2.05) is 6.92 Å². The Hall–Kier alpha value is -0.610. The van der Waals surface area contributed by atoms with E-state index in [4.69, 9.17) is 4.74 Å². The first kappa shape index (κ1) is 22.2. The zero-order chi connectivity index (χ0) is 22.6. The van der Waals surface area contributed by atoms with Gasteiger partial charge in [-0.2, -0.15) is 0 Å². The number of carbonyl (C=O) groups excluding carboxylic acids is 1. The van der Waals surface area contributed by atoms with Gasteiger partial charge in [0, 0.05) is 6.42 Å². The van der Waals surface area contributed by atoms with Crippen LogP contribution in [0.4, 0.5) is 0 Å². The fourth-order valence-corrected chi connectivity index (χ4v) is 10.2. The highest BCUT2D eigenvalue weighted by Gasteiger charge is 2.69. The number of hydrogen-bond acceptors (Lipinski definition) is 4. The molecule has 5 rings (SSSR count). The Bertz CT molecular complexity index is 773. The normalized spacial score (nSPS) is 54.8. The molecule has 2 N–H and O–H groups in total. The van der Waals surface area contributed by atoms with Crippen LogP contribution in [0, 0.1) is 45.3 Å². The van der Waals surface area contributed by atoms with Gasteiger partial charge in [0.2, 0.25) is 6.10 Å². The topological polar surface area (TPSA) is 70.1 Å². The number of ether oxygens (including phenoxy) is 1. The molecule has 31 heavy (non-hydrogen) atoms. The molecule has 4 saturated carbocycles. The van der Waals surface area contributed by atoms with Gasteiger partial charge >= 0.3 is 5.97 Å². The predicted molar refractivity (Wildman–Crippen MR) is 120 cm³/mol. The minimum atomic E-state index is -0.833. The maximum absolute atomic E-state index is 11.5. The highest BCUT2D eigenvalue weighted by Crippen LogP contribution is 2.75. The van der Waals surface area contributed by atoms with Gasteiger partial charge in [-0.1, -0.05) is 34.6 Å². The van der Waals surface area contributed by atoms with Crippen LogP contribution in [0.15, 0.2) is 0 Å². The van der Waals surface area contributed by atoms with E-state index in [9.17, 15) is 15.0 Å². The molecule has 4 aliphatic carbocycles. The average molecular weight is 433 g/mol. The number of rotatable bonds is 3. The smallest absolute Gasteiger partial charge is 0.348 e. The second-order valence-corrected chi connectivity index (χ2v) is 13.7. The van der Waals surface area contributed by atoms with Gasteiger partial charge in [-0.05, 0) is 104 Å². The van der Waals surface area contributed by atoms with Crippen molar-refractivity contribution in [3.63, 3.8) is 0 Å². The Labute approximate surface area is 188 Å². The van der Waals surface area contributed by atoms with E-state index in [2.05, 4.69) is 34.6 Å². The van der Waals surface area contributed by atoms with E-state index >= 15 is 0 Å². The quantitative estimate of drug-likeness (QED) is 0.609. The molecule has 0 amide bonds.